The molecule has 1 aliphatic heterocycles. The zero-order chi connectivity index (χ0) is 21.3. The summed E-state index contributed by atoms with van der Waals surface area (Å²) in [4.78, 5) is 37.3. The van der Waals surface area contributed by atoms with Crippen LogP contribution in [-0.4, -0.2) is 22.9 Å². The van der Waals surface area contributed by atoms with Crippen LogP contribution < -0.4 is 10.2 Å². The minimum atomic E-state index is -1.04. The van der Waals surface area contributed by atoms with Crippen LogP contribution in [0.2, 0.25) is 5.02 Å². The topological polar surface area (TPSA) is 86.7 Å². The summed E-state index contributed by atoms with van der Waals surface area (Å²) >= 11 is 6.08. The van der Waals surface area contributed by atoms with Gasteiger partial charge < -0.3 is 15.3 Å². The van der Waals surface area contributed by atoms with Gasteiger partial charge in [-0.1, -0.05) is 29.8 Å². The van der Waals surface area contributed by atoms with Crippen LogP contribution in [0.1, 0.15) is 31.8 Å². The monoisotopic (exact) mass is 420 g/mol. The number of amides is 2. The van der Waals surface area contributed by atoms with Crippen LogP contribution in [0.5, 0.6) is 0 Å². The molecule has 2 N–H and O–H groups in total. The normalized spacial score (nSPS) is 12.6. The summed E-state index contributed by atoms with van der Waals surface area (Å²) in [5.41, 5.74) is 3.79. The number of aromatic carboxylic acids is 1. The van der Waals surface area contributed by atoms with E-state index in [1.165, 1.54) is 24.3 Å². The van der Waals surface area contributed by atoms with E-state index in [0.717, 1.165) is 16.8 Å². The van der Waals surface area contributed by atoms with Gasteiger partial charge in [-0.2, -0.15) is 0 Å². The fraction of sp³-hybridized carbons (Fsp3) is 0.0870. The van der Waals surface area contributed by atoms with Crippen molar-refractivity contribution in [3.05, 3.63) is 94.0 Å². The Morgan fingerprint density at radius 1 is 0.967 bits per heavy atom. The van der Waals surface area contributed by atoms with Gasteiger partial charge in [-0.15, -0.1) is 0 Å². The number of rotatable bonds is 5. The minimum Gasteiger partial charge on any atom is -0.478 e. The molecule has 0 atom stereocenters. The Bertz CT molecular complexity index is 1140. The molecule has 4 rings (SSSR count). The summed E-state index contributed by atoms with van der Waals surface area (Å²) in [6, 6.07) is 18.4. The molecule has 0 aromatic heterocycles. The number of nitrogens with zero attached hydrogens (tertiary/aromatic N) is 1. The number of halogens is 1. The van der Waals surface area contributed by atoms with Crippen molar-refractivity contribution in [3.63, 3.8) is 0 Å². The van der Waals surface area contributed by atoms with Crippen LogP contribution in [-0.2, 0) is 17.8 Å². The lowest BCUT2D eigenvalue weighted by Crippen LogP contribution is -2.26. The Labute approximate surface area is 177 Å². The van der Waals surface area contributed by atoms with E-state index in [2.05, 4.69) is 5.32 Å². The van der Waals surface area contributed by atoms with E-state index >= 15 is 0 Å². The quantitative estimate of drug-likeness (QED) is 0.641. The predicted octanol–water partition coefficient (Wildman–Crippen LogP) is 4.38. The molecule has 1 heterocycles. The summed E-state index contributed by atoms with van der Waals surface area (Å²) < 4.78 is 0. The number of anilines is 2. The number of carbonyl (C=O) groups excluding carboxylic acids is 2. The Morgan fingerprint density at radius 2 is 1.63 bits per heavy atom. The number of carbonyl (C=O) groups is 3. The zero-order valence-corrected chi connectivity index (χ0v) is 16.5. The number of benzene rings is 3. The summed E-state index contributed by atoms with van der Waals surface area (Å²) in [5, 5.41) is 12.3. The van der Waals surface area contributed by atoms with Crippen molar-refractivity contribution in [2.24, 2.45) is 0 Å². The molecule has 0 saturated carbocycles. The largest absolute Gasteiger partial charge is 0.478 e. The second-order valence-electron chi connectivity index (χ2n) is 6.96. The lowest BCUT2D eigenvalue weighted by Gasteiger charge is -2.18. The van der Waals surface area contributed by atoms with Gasteiger partial charge in [-0.05, 0) is 59.7 Å². The molecule has 1 aliphatic rings. The Kier molecular flexibility index (Phi) is 5.25. The van der Waals surface area contributed by atoms with E-state index in [4.69, 9.17) is 16.7 Å². The molecular weight excluding hydrogens is 404 g/mol. The van der Waals surface area contributed by atoms with Gasteiger partial charge >= 0.3 is 5.97 Å². The molecule has 6 nitrogen and oxygen atoms in total. The number of fused-ring (bicyclic) bond motifs is 1. The van der Waals surface area contributed by atoms with Gasteiger partial charge in [0.2, 0.25) is 5.91 Å². The van der Waals surface area contributed by atoms with Gasteiger partial charge in [0.25, 0.3) is 5.91 Å². The maximum Gasteiger partial charge on any atom is 0.335 e. The van der Waals surface area contributed by atoms with E-state index < -0.39 is 5.97 Å². The van der Waals surface area contributed by atoms with Crippen LogP contribution in [0.3, 0.4) is 0 Å². The number of hydrogen-bond acceptors (Lipinski definition) is 3. The van der Waals surface area contributed by atoms with Crippen molar-refractivity contribution in [1.82, 2.24) is 0 Å². The number of carboxylic acids is 1. The molecule has 0 aliphatic carbocycles. The standard InChI is InChI=1S/C23H17ClN2O4/c24-18-8-7-17-11-21(27)26(20(17)12-18)13-14-1-9-19(10-2-14)25-22(28)15-3-5-16(6-4-15)23(29)30/h1-10,12H,11,13H2,(H,25,28)(H,29,30). The second kappa shape index (κ2) is 8.00. The third-order valence-corrected chi connectivity index (χ3v) is 5.16. The Morgan fingerprint density at radius 3 is 2.30 bits per heavy atom. The van der Waals surface area contributed by atoms with E-state index in [9.17, 15) is 14.4 Å². The highest BCUT2D eigenvalue weighted by molar-refractivity contribution is 6.31. The van der Waals surface area contributed by atoms with Gasteiger partial charge in [-0.25, -0.2) is 4.79 Å². The first-order chi connectivity index (χ1) is 14.4. The molecule has 0 unspecified atom stereocenters. The molecule has 2 amide bonds. The van der Waals surface area contributed by atoms with Crippen LogP contribution in [0, 0.1) is 0 Å². The smallest absolute Gasteiger partial charge is 0.335 e. The molecule has 7 heteroatoms. The molecule has 30 heavy (non-hydrogen) atoms. The fourth-order valence-corrected chi connectivity index (χ4v) is 3.51. The van der Waals surface area contributed by atoms with Crippen LogP contribution in [0.4, 0.5) is 11.4 Å². The van der Waals surface area contributed by atoms with Crippen LogP contribution in [0.25, 0.3) is 0 Å². The average Bonchev–Trinajstić information content (AvgIpc) is 3.04. The Balaban J connectivity index is 1.43. The summed E-state index contributed by atoms with van der Waals surface area (Å²) in [5.74, 6) is -1.36. The number of carboxylic acid groups (broad SMARTS) is 1. The number of nitrogens with one attached hydrogen (secondary N) is 1. The van der Waals surface area contributed by atoms with Crippen molar-refractivity contribution in [2.75, 3.05) is 10.2 Å². The van der Waals surface area contributed by atoms with Crippen LogP contribution >= 0.6 is 11.6 Å². The first-order valence-electron chi connectivity index (χ1n) is 9.23. The minimum absolute atomic E-state index is 0.0226. The summed E-state index contributed by atoms with van der Waals surface area (Å²) in [6.07, 6.45) is 0.362. The van der Waals surface area contributed by atoms with E-state index in [-0.39, 0.29) is 17.4 Å². The maximum absolute atomic E-state index is 12.4. The predicted molar refractivity (Wildman–Crippen MR) is 114 cm³/mol. The highest BCUT2D eigenvalue weighted by atomic mass is 35.5. The van der Waals surface area contributed by atoms with E-state index in [1.807, 2.05) is 18.2 Å². The maximum atomic E-state index is 12.4. The third kappa shape index (κ3) is 4.04. The van der Waals surface area contributed by atoms with Gasteiger partial charge in [0, 0.05) is 22.0 Å². The highest BCUT2D eigenvalue weighted by Gasteiger charge is 2.27. The lowest BCUT2D eigenvalue weighted by molar-refractivity contribution is -0.117. The molecule has 150 valence electrons. The van der Waals surface area contributed by atoms with Crippen molar-refractivity contribution in [3.8, 4) is 0 Å². The molecule has 0 fully saturated rings. The third-order valence-electron chi connectivity index (χ3n) is 4.93. The SMILES string of the molecule is O=C(O)c1ccc(C(=O)Nc2ccc(CN3C(=O)Cc4ccc(Cl)cc43)cc2)cc1. The molecule has 3 aromatic rings. The second-order valence-corrected chi connectivity index (χ2v) is 7.40. The average molecular weight is 421 g/mol. The van der Waals surface area contributed by atoms with Gasteiger partial charge in [0.05, 0.1) is 18.5 Å². The van der Waals surface area contributed by atoms with Crippen molar-refractivity contribution >= 4 is 40.8 Å². The summed E-state index contributed by atoms with van der Waals surface area (Å²) in [7, 11) is 0. The van der Waals surface area contributed by atoms with E-state index in [1.54, 1.807) is 29.2 Å². The number of hydrogen-bond donors (Lipinski definition) is 2. The molecule has 0 saturated heterocycles. The van der Waals surface area contributed by atoms with Crippen molar-refractivity contribution in [1.29, 1.82) is 0 Å². The van der Waals surface area contributed by atoms with Gasteiger partial charge in [0.1, 0.15) is 0 Å². The van der Waals surface area contributed by atoms with Crippen molar-refractivity contribution < 1.29 is 19.5 Å². The zero-order valence-electron chi connectivity index (χ0n) is 15.8. The first-order valence-corrected chi connectivity index (χ1v) is 9.61. The molecular formula is C23H17ClN2O4. The molecule has 0 spiro atoms. The Hall–Kier alpha value is -3.64. The molecule has 0 bridgehead atoms. The van der Waals surface area contributed by atoms with Crippen LogP contribution in [0.15, 0.2) is 66.7 Å². The summed E-state index contributed by atoms with van der Waals surface area (Å²) in [6.45, 7) is 0.414. The fourth-order valence-electron chi connectivity index (χ4n) is 3.35. The van der Waals surface area contributed by atoms with Crippen molar-refractivity contribution in [2.45, 2.75) is 13.0 Å². The van der Waals surface area contributed by atoms with Gasteiger partial charge in [-0.3, -0.25) is 9.59 Å². The molecule has 3 aromatic carbocycles. The lowest BCUT2D eigenvalue weighted by atomic mass is 10.1. The van der Waals surface area contributed by atoms with Gasteiger partial charge in [0.15, 0.2) is 0 Å². The van der Waals surface area contributed by atoms with E-state index in [0.29, 0.717) is 29.2 Å². The molecule has 0 radical (unpaired) electrons. The first kappa shape index (κ1) is 19.7. The highest BCUT2D eigenvalue weighted by Crippen LogP contribution is 2.32.